The lowest BCUT2D eigenvalue weighted by molar-refractivity contribution is -0.137. The number of carboxylic acid groups (broad SMARTS) is 1. The van der Waals surface area contributed by atoms with Crippen LogP contribution < -0.4 is 0 Å². The minimum absolute atomic E-state index is 0.0146. The summed E-state index contributed by atoms with van der Waals surface area (Å²) in [5, 5.41) is 18.6. The summed E-state index contributed by atoms with van der Waals surface area (Å²) in [5.74, 6) is -1.42. The molecule has 2 N–H and O–H groups in total. The van der Waals surface area contributed by atoms with Gasteiger partial charge in [-0.15, -0.1) is 0 Å². The minimum Gasteiger partial charge on any atom is -0.507 e. The first-order chi connectivity index (χ1) is 10.6. The second kappa shape index (κ2) is 7.36. The Balaban J connectivity index is 2.35. The van der Waals surface area contributed by atoms with Gasteiger partial charge in [0.1, 0.15) is 11.6 Å². The van der Waals surface area contributed by atoms with Crippen molar-refractivity contribution in [3.8, 4) is 5.75 Å². The molecule has 0 aliphatic carbocycles. The van der Waals surface area contributed by atoms with Crippen LogP contribution in [0.5, 0.6) is 5.75 Å². The number of hydrogen-bond donors (Lipinski definition) is 2. The molecule has 114 valence electrons. The van der Waals surface area contributed by atoms with Gasteiger partial charge in [-0.1, -0.05) is 30.3 Å². The van der Waals surface area contributed by atoms with Crippen molar-refractivity contribution in [2.24, 2.45) is 4.99 Å². The molecule has 0 amide bonds. The number of aliphatic carboxylic acids is 1. The van der Waals surface area contributed by atoms with Crippen molar-refractivity contribution >= 4 is 11.7 Å². The van der Waals surface area contributed by atoms with Crippen molar-refractivity contribution in [1.29, 1.82) is 0 Å². The molecule has 2 rings (SSSR count). The fourth-order valence-electron chi connectivity index (χ4n) is 2.05. The zero-order valence-electron chi connectivity index (χ0n) is 11.9. The van der Waals surface area contributed by atoms with E-state index in [0.717, 1.165) is 5.56 Å². The molecule has 0 aliphatic heterocycles. The van der Waals surface area contributed by atoms with Crippen LogP contribution in [0.2, 0.25) is 0 Å². The summed E-state index contributed by atoms with van der Waals surface area (Å²) in [6.45, 7) is 0.284. The number of hydrogen-bond acceptors (Lipinski definition) is 3. The van der Waals surface area contributed by atoms with Crippen molar-refractivity contribution in [3.63, 3.8) is 0 Å². The van der Waals surface area contributed by atoms with Gasteiger partial charge in [0.05, 0.1) is 5.71 Å². The van der Waals surface area contributed by atoms with Crippen molar-refractivity contribution in [1.82, 2.24) is 0 Å². The molecule has 0 aromatic heterocycles. The Labute approximate surface area is 127 Å². The highest BCUT2D eigenvalue weighted by Crippen LogP contribution is 2.22. The molecule has 4 nitrogen and oxygen atoms in total. The van der Waals surface area contributed by atoms with Gasteiger partial charge in [-0.25, -0.2) is 4.39 Å². The topological polar surface area (TPSA) is 69.9 Å². The molecule has 0 heterocycles. The van der Waals surface area contributed by atoms with Crippen LogP contribution in [0.3, 0.4) is 0 Å². The maximum atomic E-state index is 13.5. The average molecular weight is 301 g/mol. The van der Waals surface area contributed by atoms with E-state index >= 15 is 0 Å². The Morgan fingerprint density at radius 2 is 1.86 bits per heavy atom. The Morgan fingerprint density at radius 1 is 1.14 bits per heavy atom. The smallest absolute Gasteiger partial charge is 0.303 e. The molecule has 0 fully saturated rings. The summed E-state index contributed by atoms with van der Waals surface area (Å²) < 4.78 is 13.5. The summed E-state index contributed by atoms with van der Waals surface area (Å²) in [4.78, 5) is 14.9. The second-order valence-electron chi connectivity index (χ2n) is 4.76. The maximum Gasteiger partial charge on any atom is 0.303 e. The molecule has 0 spiro atoms. The number of phenolic OH excluding ortho intramolecular Hbond substituents is 1. The molecule has 2 aromatic carbocycles. The number of halogens is 1. The summed E-state index contributed by atoms with van der Waals surface area (Å²) in [7, 11) is 0. The first-order valence-electron chi connectivity index (χ1n) is 6.88. The van der Waals surface area contributed by atoms with E-state index in [2.05, 4.69) is 4.99 Å². The first-order valence-corrected chi connectivity index (χ1v) is 6.88. The highest BCUT2D eigenvalue weighted by molar-refractivity contribution is 6.14. The van der Waals surface area contributed by atoms with E-state index in [0.29, 0.717) is 17.7 Å². The largest absolute Gasteiger partial charge is 0.507 e. The van der Waals surface area contributed by atoms with Gasteiger partial charge in [0.25, 0.3) is 0 Å². The molecule has 0 radical (unpaired) electrons. The van der Waals surface area contributed by atoms with Crippen molar-refractivity contribution in [2.45, 2.75) is 12.8 Å². The van der Waals surface area contributed by atoms with Gasteiger partial charge in [0, 0.05) is 24.1 Å². The molecule has 2 aromatic rings. The van der Waals surface area contributed by atoms with Crippen LogP contribution in [-0.4, -0.2) is 28.4 Å². The molecule has 0 saturated carbocycles. The fourth-order valence-corrected chi connectivity index (χ4v) is 2.05. The van der Waals surface area contributed by atoms with Crippen LogP contribution in [0, 0.1) is 5.82 Å². The number of rotatable bonds is 6. The van der Waals surface area contributed by atoms with Crippen LogP contribution in [0.1, 0.15) is 24.0 Å². The predicted octanol–water partition coefficient (Wildman–Crippen LogP) is 3.23. The van der Waals surface area contributed by atoms with Crippen molar-refractivity contribution in [3.05, 3.63) is 65.5 Å². The molecular formula is C17H16FNO3. The Kier molecular flexibility index (Phi) is 5.25. The molecule has 22 heavy (non-hydrogen) atoms. The molecule has 5 heteroatoms. The minimum atomic E-state index is -0.884. The number of phenols is 1. The lowest BCUT2D eigenvalue weighted by Gasteiger charge is -2.10. The maximum absolute atomic E-state index is 13.5. The van der Waals surface area contributed by atoms with Crippen LogP contribution in [0.4, 0.5) is 4.39 Å². The lowest BCUT2D eigenvalue weighted by Crippen LogP contribution is -2.06. The van der Waals surface area contributed by atoms with Gasteiger partial charge in [0.15, 0.2) is 0 Å². The van der Waals surface area contributed by atoms with E-state index in [9.17, 15) is 14.3 Å². The number of aliphatic imine (C=N–C) groups is 1. The van der Waals surface area contributed by atoms with E-state index in [4.69, 9.17) is 5.11 Å². The molecule has 0 saturated heterocycles. The van der Waals surface area contributed by atoms with Crippen molar-refractivity contribution in [2.75, 3.05) is 6.54 Å². The van der Waals surface area contributed by atoms with Gasteiger partial charge >= 0.3 is 5.97 Å². The quantitative estimate of drug-likeness (QED) is 0.635. The average Bonchev–Trinajstić information content (AvgIpc) is 2.51. The third-order valence-corrected chi connectivity index (χ3v) is 3.08. The van der Waals surface area contributed by atoms with E-state index in [1.807, 2.05) is 18.2 Å². The van der Waals surface area contributed by atoms with Gasteiger partial charge in [-0.2, -0.15) is 0 Å². The van der Waals surface area contributed by atoms with Crippen LogP contribution in [0.15, 0.2) is 53.5 Å². The van der Waals surface area contributed by atoms with Crippen LogP contribution in [-0.2, 0) is 4.79 Å². The first kappa shape index (κ1) is 15.7. The Morgan fingerprint density at radius 3 is 2.55 bits per heavy atom. The number of benzene rings is 2. The Hall–Kier alpha value is -2.69. The van der Waals surface area contributed by atoms with Crippen molar-refractivity contribution < 1.29 is 19.4 Å². The van der Waals surface area contributed by atoms with E-state index in [-0.39, 0.29) is 18.7 Å². The lowest BCUT2D eigenvalue weighted by atomic mass is 10.0. The molecule has 0 unspecified atom stereocenters. The fraction of sp³-hybridized carbons (Fsp3) is 0.176. The molecule has 0 atom stereocenters. The molecular weight excluding hydrogens is 285 g/mol. The number of carbonyl (C=O) groups is 1. The van der Waals surface area contributed by atoms with Gasteiger partial charge in [-0.3, -0.25) is 9.79 Å². The standard InChI is InChI=1S/C17H16FNO3/c18-13-8-9-15(20)14(11-13)17(12-5-2-1-3-6-12)19-10-4-7-16(21)22/h1-3,5-6,8-9,11,20H,4,7,10H2,(H,21,22). The SMILES string of the molecule is O=C(O)CCCN=C(c1ccccc1)c1cc(F)ccc1O. The van der Waals surface area contributed by atoms with E-state index < -0.39 is 11.8 Å². The predicted molar refractivity (Wildman–Crippen MR) is 81.9 cm³/mol. The number of nitrogens with zero attached hydrogens (tertiary/aromatic N) is 1. The molecule has 0 bridgehead atoms. The summed E-state index contributed by atoms with van der Waals surface area (Å²) in [5.41, 5.74) is 1.48. The number of aromatic hydroxyl groups is 1. The summed E-state index contributed by atoms with van der Waals surface area (Å²) in [6, 6.07) is 12.8. The third kappa shape index (κ3) is 4.15. The van der Waals surface area contributed by atoms with Gasteiger partial charge in [0.2, 0.25) is 0 Å². The Bertz CT molecular complexity index is 684. The zero-order valence-corrected chi connectivity index (χ0v) is 11.9. The zero-order chi connectivity index (χ0) is 15.9. The van der Waals surface area contributed by atoms with Gasteiger partial charge in [-0.05, 0) is 24.6 Å². The van der Waals surface area contributed by atoms with Crippen LogP contribution >= 0.6 is 0 Å². The van der Waals surface area contributed by atoms with Crippen LogP contribution in [0.25, 0.3) is 0 Å². The monoisotopic (exact) mass is 301 g/mol. The number of carboxylic acids is 1. The van der Waals surface area contributed by atoms with Gasteiger partial charge < -0.3 is 10.2 Å². The highest BCUT2D eigenvalue weighted by atomic mass is 19.1. The highest BCUT2D eigenvalue weighted by Gasteiger charge is 2.12. The second-order valence-corrected chi connectivity index (χ2v) is 4.76. The third-order valence-electron chi connectivity index (χ3n) is 3.08. The van der Waals surface area contributed by atoms with E-state index in [1.165, 1.54) is 18.2 Å². The molecule has 0 aliphatic rings. The summed E-state index contributed by atoms with van der Waals surface area (Å²) >= 11 is 0. The summed E-state index contributed by atoms with van der Waals surface area (Å²) in [6.07, 6.45) is 0.391. The van der Waals surface area contributed by atoms with E-state index in [1.54, 1.807) is 12.1 Å². The normalized spacial score (nSPS) is 11.4.